The molecule has 1 aliphatic rings. The molecule has 1 heterocycles. The smallest absolute Gasteiger partial charge is 0.326 e. The maximum Gasteiger partial charge on any atom is 0.326 e. The van der Waals surface area contributed by atoms with Gasteiger partial charge in [0.15, 0.2) is 6.29 Å². The predicted molar refractivity (Wildman–Crippen MR) is 122 cm³/mol. The number of aldehydes is 1. The quantitative estimate of drug-likeness (QED) is 0.511. The fourth-order valence-corrected chi connectivity index (χ4v) is 4.14. The van der Waals surface area contributed by atoms with Crippen molar-refractivity contribution in [2.24, 2.45) is 5.92 Å². The van der Waals surface area contributed by atoms with Crippen molar-refractivity contribution in [3.05, 3.63) is 70.3 Å². The van der Waals surface area contributed by atoms with Gasteiger partial charge in [-0.25, -0.2) is 9.18 Å². The average Bonchev–Trinajstić information content (AvgIpc) is 2.78. The number of carbonyl (C=O) groups is 3. The molecule has 1 aliphatic heterocycles. The fourth-order valence-electron chi connectivity index (χ4n) is 4.14. The van der Waals surface area contributed by atoms with E-state index in [1.165, 1.54) is 4.90 Å². The zero-order valence-electron chi connectivity index (χ0n) is 18.9. The molecule has 33 heavy (non-hydrogen) atoms. The minimum Gasteiger partial charge on any atom is -0.356 e. The molecule has 3 unspecified atom stereocenters. The first kappa shape index (κ1) is 24.1. The molecule has 2 aromatic carbocycles. The summed E-state index contributed by atoms with van der Waals surface area (Å²) in [6.07, 6.45) is -0.626. The first-order valence-corrected chi connectivity index (χ1v) is 10.8. The summed E-state index contributed by atoms with van der Waals surface area (Å²) in [4.78, 5) is 36.7. The van der Waals surface area contributed by atoms with Crippen molar-refractivity contribution in [1.82, 2.24) is 10.2 Å². The van der Waals surface area contributed by atoms with Gasteiger partial charge in [0.05, 0.1) is 18.6 Å². The van der Waals surface area contributed by atoms with Crippen LogP contribution in [0.1, 0.15) is 47.3 Å². The number of carbonyl (C=O) groups excluding carboxylic acids is 3. The molecule has 0 radical (unpaired) electrons. The van der Waals surface area contributed by atoms with Gasteiger partial charge in [0.2, 0.25) is 5.91 Å². The molecule has 1 N–H and O–H groups in total. The van der Waals surface area contributed by atoms with E-state index in [9.17, 15) is 14.4 Å². The van der Waals surface area contributed by atoms with E-state index in [0.29, 0.717) is 23.8 Å². The zero-order valence-corrected chi connectivity index (χ0v) is 18.9. The van der Waals surface area contributed by atoms with Crippen molar-refractivity contribution in [1.29, 1.82) is 0 Å². The van der Waals surface area contributed by atoms with E-state index in [1.54, 1.807) is 43.3 Å². The first-order chi connectivity index (χ1) is 15.8. The van der Waals surface area contributed by atoms with Gasteiger partial charge in [-0.2, -0.15) is 0 Å². The molecule has 6 nitrogen and oxygen atoms in total. The summed E-state index contributed by atoms with van der Waals surface area (Å²) in [5.74, 6) is 3.88. The number of benzene rings is 2. The maximum atomic E-state index is 15.8. The Morgan fingerprint density at radius 1 is 1.15 bits per heavy atom. The number of imide groups is 1. The number of amides is 3. The molecular formula is C26H27FN2O4. The van der Waals surface area contributed by atoms with Crippen molar-refractivity contribution in [2.45, 2.75) is 46.0 Å². The molecule has 0 aliphatic carbocycles. The Bertz CT molecular complexity index is 1070. The SMILES string of the molecule is CCC1C(=O)NC(=O)N(COCc2ccc(C#CC=O)cc2)C1C(F)c1cc(C)cc(C)c1. The van der Waals surface area contributed by atoms with Crippen LogP contribution in [0.3, 0.4) is 0 Å². The average molecular weight is 451 g/mol. The molecule has 0 saturated carbocycles. The highest BCUT2D eigenvalue weighted by Crippen LogP contribution is 2.35. The van der Waals surface area contributed by atoms with Crippen molar-refractivity contribution >= 4 is 18.2 Å². The second kappa shape index (κ2) is 10.9. The lowest BCUT2D eigenvalue weighted by atomic mass is 9.86. The summed E-state index contributed by atoms with van der Waals surface area (Å²) < 4.78 is 21.6. The number of alkyl halides is 1. The number of nitrogens with zero attached hydrogens (tertiary/aromatic N) is 1. The van der Waals surface area contributed by atoms with Crippen LogP contribution in [0.4, 0.5) is 9.18 Å². The van der Waals surface area contributed by atoms with E-state index in [0.717, 1.165) is 16.7 Å². The normalized spacial score (nSPS) is 18.8. The molecular weight excluding hydrogens is 423 g/mol. The second-order valence-corrected chi connectivity index (χ2v) is 8.15. The van der Waals surface area contributed by atoms with Crippen molar-refractivity contribution < 1.29 is 23.5 Å². The van der Waals surface area contributed by atoms with E-state index in [-0.39, 0.29) is 13.3 Å². The summed E-state index contributed by atoms with van der Waals surface area (Å²) in [5, 5.41) is 2.32. The summed E-state index contributed by atoms with van der Waals surface area (Å²) >= 11 is 0. The molecule has 1 fully saturated rings. The Hall–Kier alpha value is -3.50. The number of halogens is 1. The lowest BCUT2D eigenvalue weighted by Gasteiger charge is -2.41. The van der Waals surface area contributed by atoms with Gasteiger partial charge in [-0.05, 0) is 49.4 Å². The van der Waals surface area contributed by atoms with Crippen LogP contribution in [-0.2, 0) is 20.9 Å². The minimum atomic E-state index is -1.54. The maximum absolute atomic E-state index is 15.8. The van der Waals surface area contributed by atoms with Crippen LogP contribution >= 0.6 is 0 Å². The van der Waals surface area contributed by atoms with Gasteiger partial charge < -0.3 is 4.74 Å². The molecule has 0 bridgehead atoms. The number of ether oxygens (including phenoxy) is 1. The topological polar surface area (TPSA) is 75.7 Å². The highest BCUT2D eigenvalue weighted by atomic mass is 19.1. The van der Waals surface area contributed by atoms with E-state index in [2.05, 4.69) is 17.2 Å². The lowest BCUT2D eigenvalue weighted by molar-refractivity contribution is -0.132. The molecule has 0 spiro atoms. The van der Waals surface area contributed by atoms with Crippen molar-refractivity contribution in [3.63, 3.8) is 0 Å². The van der Waals surface area contributed by atoms with Crippen LogP contribution in [0.25, 0.3) is 0 Å². The van der Waals surface area contributed by atoms with Gasteiger partial charge >= 0.3 is 6.03 Å². The standard InChI is InChI=1S/C26H27FN2O4/c1-4-22-24(23(27)21-13-17(2)12-18(3)14-21)29(26(32)28-25(22)31)16-33-15-20-9-7-19(8-10-20)6-5-11-30/h7-14,22-24H,4,15-16H2,1-3H3,(H,28,31,32). The molecule has 0 aromatic heterocycles. The fraction of sp³-hybridized carbons (Fsp3) is 0.346. The summed E-state index contributed by atoms with van der Waals surface area (Å²) in [6, 6.07) is 10.9. The molecule has 172 valence electrons. The Labute approximate surface area is 193 Å². The van der Waals surface area contributed by atoms with E-state index >= 15 is 4.39 Å². The number of rotatable bonds is 7. The summed E-state index contributed by atoms with van der Waals surface area (Å²) in [6.45, 7) is 5.59. The van der Waals surface area contributed by atoms with Crippen LogP contribution in [0.2, 0.25) is 0 Å². The number of nitrogens with one attached hydrogen (secondary N) is 1. The Morgan fingerprint density at radius 3 is 2.42 bits per heavy atom. The summed E-state index contributed by atoms with van der Waals surface area (Å²) in [5.41, 5.74) is 3.79. The number of urea groups is 1. The summed E-state index contributed by atoms with van der Waals surface area (Å²) in [7, 11) is 0. The van der Waals surface area contributed by atoms with E-state index in [1.807, 2.05) is 19.9 Å². The van der Waals surface area contributed by atoms with Crippen molar-refractivity contribution in [2.75, 3.05) is 6.73 Å². The van der Waals surface area contributed by atoms with Gasteiger partial charge in [0, 0.05) is 5.56 Å². The Morgan fingerprint density at radius 2 is 1.82 bits per heavy atom. The highest BCUT2D eigenvalue weighted by Gasteiger charge is 2.45. The third kappa shape index (κ3) is 5.85. The van der Waals surface area contributed by atoms with Gasteiger partial charge in [-0.1, -0.05) is 54.3 Å². The van der Waals surface area contributed by atoms with Crippen LogP contribution < -0.4 is 5.32 Å². The largest absolute Gasteiger partial charge is 0.356 e. The van der Waals surface area contributed by atoms with Crippen LogP contribution in [0.15, 0.2) is 42.5 Å². The van der Waals surface area contributed by atoms with Gasteiger partial charge in [-0.3, -0.25) is 19.8 Å². The molecule has 3 amide bonds. The third-order valence-corrected chi connectivity index (χ3v) is 5.63. The predicted octanol–water partition coefficient (Wildman–Crippen LogP) is 3.99. The molecule has 3 atom stereocenters. The molecule has 3 rings (SSSR count). The molecule has 7 heteroatoms. The van der Waals surface area contributed by atoms with Crippen LogP contribution in [0, 0.1) is 31.6 Å². The van der Waals surface area contributed by atoms with Gasteiger partial charge in [-0.15, -0.1) is 0 Å². The number of hydrogen-bond acceptors (Lipinski definition) is 4. The first-order valence-electron chi connectivity index (χ1n) is 10.8. The van der Waals surface area contributed by atoms with Gasteiger partial charge in [0.1, 0.15) is 12.9 Å². The Balaban J connectivity index is 1.77. The van der Waals surface area contributed by atoms with Crippen LogP contribution in [0.5, 0.6) is 0 Å². The number of aryl methyl sites for hydroxylation is 2. The third-order valence-electron chi connectivity index (χ3n) is 5.63. The van der Waals surface area contributed by atoms with Crippen LogP contribution in [-0.4, -0.2) is 35.9 Å². The highest BCUT2D eigenvalue weighted by molar-refractivity contribution is 5.98. The lowest BCUT2D eigenvalue weighted by Crippen LogP contribution is -2.61. The molecule has 2 aromatic rings. The Kier molecular flexibility index (Phi) is 7.96. The van der Waals surface area contributed by atoms with E-state index < -0.39 is 30.1 Å². The number of hydrogen-bond donors (Lipinski definition) is 1. The van der Waals surface area contributed by atoms with Gasteiger partial charge in [0.25, 0.3) is 0 Å². The zero-order chi connectivity index (χ0) is 24.0. The second-order valence-electron chi connectivity index (χ2n) is 8.15. The molecule has 1 saturated heterocycles. The minimum absolute atomic E-state index is 0.168. The van der Waals surface area contributed by atoms with Crippen molar-refractivity contribution in [3.8, 4) is 11.8 Å². The van der Waals surface area contributed by atoms with E-state index in [4.69, 9.17) is 4.74 Å². The monoisotopic (exact) mass is 450 g/mol.